The van der Waals surface area contributed by atoms with Gasteiger partial charge in [0.2, 0.25) is 11.8 Å². The third-order valence-corrected chi connectivity index (χ3v) is 11.3. The Morgan fingerprint density at radius 2 is 1.89 bits per heavy atom. The van der Waals surface area contributed by atoms with E-state index in [1.165, 1.54) is 11.0 Å². The number of amides is 3. The van der Waals surface area contributed by atoms with Gasteiger partial charge in [0.1, 0.15) is 28.8 Å². The topological polar surface area (TPSA) is 136 Å². The summed E-state index contributed by atoms with van der Waals surface area (Å²) < 4.78 is 61.4. The number of halogens is 5. The first-order valence-electron chi connectivity index (χ1n) is 18.4. The maximum absolute atomic E-state index is 14.7. The third kappa shape index (κ3) is 7.82. The Morgan fingerprint density at radius 1 is 1.13 bits per heavy atom. The summed E-state index contributed by atoms with van der Waals surface area (Å²) in [5.41, 5.74) is -5.26. The SMILES string of the molecule is CCOC(=O)C12CCC1C=CCCCCCC(NC(=O)OC(C)(C)C)C(=O)N1CC3(CC(Cl)c4c(c(C(F)(F)F)nc5c(Cl)cccc45)O3)CC1C(=O)N2. The quantitative estimate of drug-likeness (QED) is 0.185. The fourth-order valence-corrected chi connectivity index (χ4v) is 8.74. The van der Waals surface area contributed by atoms with Crippen molar-refractivity contribution >= 4 is 58.0 Å². The lowest BCUT2D eigenvalue weighted by Gasteiger charge is -2.47. The number of carbonyl (C=O) groups excluding carboxylic acids is 4. The van der Waals surface area contributed by atoms with Crippen LogP contribution in [0.1, 0.15) is 102 Å². The Balaban J connectivity index is 1.44. The molecule has 16 heteroatoms. The van der Waals surface area contributed by atoms with Crippen molar-refractivity contribution in [1.29, 1.82) is 0 Å². The van der Waals surface area contributed by atoms with Gasteiger partial charge in [0.15, 0.2) is 11.4 Å². The van der Waals surface area contributed by atoms with E-state index in [0.717, 1.165) is 6.42 Å². The molecule has 294 valence electrons. The number of hydrogen-bond donors (Lipinski definition) is 2. The predicted molar refractivity (Wildman–Crippen MR) is 194 cm³/mol. The van der Waals surface area contributed by atoms with E-state index in [0.29, 0.717) is 25.7 Å². The number of rotatable bonds is 3. The van der Waals surface area contributed by atoms with Crippen LogP contribution in [-0.4, -0.2) is 75.7 Å². The highest BCUT2D eigenvalue weighted by Crippen LogP contribution is 2.54. The van der Waals surface area contributed by atoms with Gasteiger partial charge in [-0.2, -0.15) is 13.2 Å². The van der Waals surface area contributed by atoms with Gasteiger partial charge in [-0.05, 0) is 65.9 Å². The van der Waals surface area contributed by atoms with E-state index in [1.807, 2.05) is 12.2 Å². The number of benzene rings is 1. The van der Waals surface area contributed by atoms with Crippen molar-refractivity contribution in [2.45, 2.75) is 126 Å². The van der Waals surface area contributed by atoms with Gasteiger partial charge in [0, 0.05) is 29.7 Å². The van der Waals surface area contributed by atoms with Gasteiger partial charge in [-0.3, -0.25) is 9.59 Å². The second-order valence-electron chi connectivity index (χ2n) is 15.6. The van der Waals surface area contributed by atoms with Gasteiger partial charge in [-0.15, -0.1) is 11.6 Å². The highest BCUT2D eigenvalue weighted by Gasteiger charge is 2.59. The number of para-hydroxylation sites is 1. The number of alkyl halides is 4. The number of hydrogen-bond acceptors (Lipinski definition) is 8. The normalized spacial score (nSPS) is 29.1. The molecule has 2 aromatic rings. The van der Waals surface area contributed by atoms with E-state index >= 15 is 0 Å². The molecule has 3 aliphatic heterocycles. The van der Waals surface area contributed by atoms with Crippen molar-refractivity contribution in [3.05, 3.63) is 46.6 Å². The van der Waals surface area contributed by atoms with Crippen LogP contribution in [0.15, 0.2) is 30.4 Å². The van der Waals surface area contributed by atoms with Gasteiger partial charge in [-0.1, -0.05) is 48.7 Å². The molecule has 1 aromatic carbocycles. The Hall–Kier alpha value is -3.78. The lowest BCUT2D eigenvalue weighted by molar-refractivity contribution is -0.161. The summed E-state index contributed by atoms with van der Waals surface area (Å²) in [5, 5.41) is 4.80. The molecular formula is C38H45Cl2F3N4O7. The second-order valence-corrected chi connectivity index (χ2v) is 16.5. The minimum Gasteiger partial charge on any atom is -0.483 e. The molecule has 1 saturated carbocycles. The molecule has 1 aliphatic carbocycles. The van der Waals surface area contributed by atoms with Crippen LogP contribution in [0.4, 0.5) is 18.0 Å². The van der Waals surface area contributed by atoms with Crippen LogP contribution in [0.2, 0.25) is 5.02 Å². The average Bonchev–Trinajstić information content (AvgIpc) is 3.42. The van der Waals surface area contributed by atoms with Crippen LogP contribution in [-0.2, 0) is 30.0 Å². The first kappa shape index (κ1) is 39.9. The smallest absolute Gasteiger partial charge is 0.437 e. The molecule has 4 heterocycles. The molecule has 1 saturated heterocycles. The fourth-order valence-electron chi connectivity index (χ4n) is 8.03. The zero-order valence-corrected chi connectivity index (χ0v) is 32.1. The number of aromatic nitrogens is 1. The molecule has 6 atom stereocenters. The van der Waals surface area contributed by atoms with E-state index < -0.39 is 75.7 Å². The summed E-state index contributed by atoms with van der Waals surface area (Å²) in [5.74, 6) is -2.96. The summed E-state index contributed by atoms with van der Waals surface area (Å²) in [6.45, 7) is 6.42. The van der Waals surface area contributed by atoms with E-state index in [4.69, 9.17) is 37.4 Å². The summed E-state index contributed by atoms with van der Waals surface area (Å²) in [7, 11) is 0. The number of allylic oxidation sites excluding steroid dienone is 1. The number of fused-ring (bicyclic) bond motifs is 5. The molecule has 6 unspecified atom stereocenters. The van der Waals surface area contributed by atoms with Gasteiger partial charge in [-0.25, -0.2) is 14.6 Å². The molecule has 2 fully saturated rings. The van der Waals surface area contributed by atoms with Gasteiger partial charge in [0.05, 0.1) is 29.1 Å². The Kier molecular flexibility index (Phi) is 11.1. The Labute approximate surface area is 321 Å². The molecule has 0 radical (unpaired) electrons. The van der Waals surface area contributed by atoms with E-state index in [-0.39, 0.29) is 66.2 Å². The summed E-state index contributed by atoms with van der Waals surface area (Å²) in [6, 6.07) is 2.08. The molecule has 54 heavy (non-hydrogen) atoms. The minimum atomic E-state index is -4.98. The largest absolute Gasteiger partial charge is 0.483 e. The van der Waals surface area contributed by atoms with E-state index in [2.05, 4.69) is 15.6 Å². The van der Waals surface area contributed by atoms with Crippen LogP contribution in [0, 0.1) is 5.92 Å². The third-order valence-electron chi connectivity index (χ3n) is 10.6. The summed E-state index contributed by atoms with van der Waals surface area (Å²) in [6.07, 6.45) is 1.51. The van der Waals surface area contributed by atoms with Crippen LogP contribution in [0.5, 0.6) is 5.75 Å². The minimum absolute atomic E-state index is 0.00203. The summed E-state index contributed by atoms with van der Waals surface area (Å²) in [4.78, 5) is 60.9. The van der Waals surface area contributed by atoms with Crippen molar-refractivity contribution in [1.82, 2.24) is 20.5 Å². The highest BCUT2D eigenvalue weighted by molar-refractivity contribution is 6.35. The molecule has 11 nitrogen and oxygen atoms in total. The number of ether oxygens (including phenoxy) is 3. The maximum atomic E-state index is 14.7. The van der Waals surface area contributed by atoms with Gasteiger partial charge in [0.25, 0.3) is 0 Å². The monoisotopic (exact) mass is 796 g/mol. The number of carbonyl (C=O) groups is 4. The number of nitrogens with zero attached hydrogens (tertiary/aromatic N) is 2. The molecule has 3 amide bonds. The van der Waals surface area contributed by atoms with Crippen molar-refractivity contribution in [2.75, 3.05) is 13.2 Å². The summed E-state index contributed by atoms with van der Waals surface area (Å²) >= 11 is 13.3. The predicted octanol–water partition coefficient (Wildman–Crippen LogP) is 7.55. The number of esters is 1. The van der Waals surface area contributed by atoms with Gasteiger partial charge < -0.3 is 29.7 Å². The van der Waals surface area contributed by atoms with Crippen LogP contribution >= 0.6 is 23.2 Å². The molecule has 2 N–H and O–H groups in total. The molecule has 6 rings (SSSR count). The zero-order chi connectivity index (χ0) is 39.2. The molecule has 1 spiro atoms. The standard InChI is InChI=1S/C38H45Cl2F3N4O7/c1-5-52-33(50)37-17-16-21(37)12-9-7-6-8-10-15-25(44-34(51)54-35(2,3)4)32(49)47-20-36(19-26(47)31(48)46-37)18-24(40)27-22-13-11-14-23(39)28(22)45-30(29(27)53-36)38(41,42)43/h9,11-14,21,24-26H,5-8,10,15-20H2,1-4H3,(H,44,51)(H,46,48). The average molecular weight is 798 g/mol. The highest BCUT2D eigenvalue weighted by atomic mass is 35.5. The number of pyridine rings is 1. The molecule has 0 bridgehead atoms. The number of alkyl carbamates (subject to hydrolysis) is 1. The zero-order valence-electron chi connectivity index (χ0n) is 30.6. The van der Waals surface area contributed by atoms with Crippen molar-refractivity contribution < 1.29 is 46.6 Å². The van der Waals surface area contributed by atoms with Crippen molar-refractivity contribution in [3.8, 4) is 5.75 Å². The molecular weight excluding hydrogens is 752 g/mol. The Bertz CT molecular complexity index is 1850. The van der Waals surface area contributed by atoms with Gasteiger partial charge >= 0.3 is 18.2 Å². The molecule has 1 aromatic heterocycles. The van der Waals surface area contributed by atoms with E-state index in [9.17, 15) is 32.3 Å². The maximum Gasteiger partial charge on any atom is 0.437 e. The first-order valence-corrected chi connectivity index (χ1v) is 19.2. The second kappa shape index (κ2) is 15.0. The van der Waals surface area contributed by atoms with E-state index in [1.54, 1.807) is 39.8 Å². The van der Waals surface area contributed by atoms with Crippen LogP contribution in [0.3, 0.4) is 0 Å². The lowest BCUT2D eigenvalue weighted by atomic mass is 9.66. The fraction of sp³-hybridized carbons (Fsp3) is 0.605. The Morgan fingerprint density at radius 3 is 2.56 bits per heavy atom. The van der Waals surface area contributed by atoms with Crippen LogP contribution < -0.4 is 15.4 Å². The number of nitrogens with one attached hydrogen (secondary N) is 2. The lowest BCUT2D eigenvalue weighted by Crippen LogP contribution is -2.67. The van der Waals surface area contributed by atoms with Crippen LogP contribution in [0.25, 0.3) is 10.9 Å². The molecule has 4 aliphatic rings. The van der Waals surface area contributed by atoms with Crippen molar-refractivity contribution in [2.24, 2.45) is 5.92 Å². The van der Waals surface area contributed by atoms with Crippen molar-refractivity contribution in [3.63, 3.8) is 0 Å². The first-order chi connectivity index (χ1) is 25.4.